The van der Waals surface area contributed by atoms with Crippen LogP contribution in [0.25, 0.3) is 0 Å². The lowest BCUT2D eigenvalue weighted by Crippen LogP contribution is -2.55. The zero-order chi connectivity index (χ0) is 12.6. The lowest BCUT2D eigenvalue weighted by molar-refractivity contribution is -0.133. The van der Waals surface area contributed by atoms with Gasteiger partial charge >= 0.3 is 6.03 Å². The predicted molar refractivity (Wildman–Crippen MR) is 68.1 cm³/mol. The monoisotopic (exact) mass is 257 g/mol. The number of urea groups is 1. The van der Waals surface area contributed by atoms with Gasteiger partial charge in [0.1, 0.15) is 0 Å². The van der Waals surface area contributed by atoms with Gasteiger partial charge < -0.3 is 15.1 Å². The van der Waals surface area contributed by atoms with Crippen LogP contribution in [0.2, 0.25) is 0 Å². The second kappa shape index (κ2) is 4.76. The van der Waals surface area contributed by atoms with E-state index in [0.29, 0.717) is 26.2 Å². The van der Waals surface area contributed by atoms with Crippen LogP contribution in [0.5, 0.6) is 0 Å². The van der Waals surface area contributed by atoms with Gasteiger partial charge in [-0.3, -0.25) is 4.79 Å². The Morgan fingerprint density at radius 3 is 2.82 bits per heavy atom. The van der Waals surface area contributed by atoms with E-state index in [1.54, 1.807) is 0 Å². The van der Waals surface area contributed by atoms with E-state index in [-0.39, 0.29) is 29.1 Å². The van der Waals surface area contributed by atoms with Crippen LogP contribution in [0.15, 0.2) is 0 Å². The molecule has 0 bridgehead atoms. The van der Waals surface area contributed by atoms with Gasteiger partial charge in [0.25, 0.3) is 0 Å². The van der Waals surface area contributed by atoms with Gasteiger partial charge in [-0.1, -0.05) is 13.8 Å². The van der Waals surface area contributed by atoms with Crippen molar-refractivity contribution in [1.29, 1.82) is 0 Å². The lowest BCUT2D eigenvalue weighted by atomic mass is 10.1. The van der Waals surface area contributed by atoms with E-state index in [2.05, 4.69) is 17.9 Å². The van der Waals surface area contributed by atoms with Crippen LogP contribution in [0, 0.1) is 5.92 Å². The first-order valence-electron chi connectivity index (χ1n) is 6.02. The SMILES string of the molecule is CC(C)C(S)C(=O)N1CCN2C(=O)NCC2C1. The average Bonchev–Trinajstić information content (AvgIpc) is 2.68. The number of hydrogen-bond donors (Lipinski definition) is 2. The van der Waals surface area contributed by atoms with Gasteiger partial charge in [0, 0.05) is 26.2 Å². The van der Waals surface area contributed by atoms with Crippen molar-refractivity contribution in [2.75, 3.05) is 26.2 Å². The maximum absolute atomic E-state index is 12.1. The fourth-order valence-electron chi connectivity index (χ4n) is 2.28. The molecule has 2 atom stereocenters. The van der Waals surface area contributed by atoms with Gasteiger partial charge in [0.15, 0.2) is 0 Å². The Hall–Kier alpha value is -0.910. The zero-order valence-corrected chi connectivity index (χ0v) is 11.1. The Kier molecular flexibility index (Phi) is 3.51. The maximum atomic E-state index is 12.1. The number of hydrogen-bond acceptors (Lipinski definition) is 3. The number of nitrogens with one attached hydrogen (secondary N) is 1. The number of thiol groups is 1. The molecule has 0 spiro atoms. The molecule has 2 aliphatic rings. The highest BCUT2D eigenvalue weighted by Gasteiger charge is 2.38. The second-order valence-electron chi connectivity index (χ2n) is 5.01. The standard InChI is InChI=1S/C11H19N3O2S/c1-7(2)9(17)10(15)13-3-4-14-8(6-13)5-12-11(14)16/h7-9,17H,3-6H2,1-2H3,(H,12,16). The first kappa shape index (κ1) is 12.5. The Balaban J connectivity index is 1.97. The van der Waals surface area contributed by atoms with E-state index in [0.717, 1.165) is 0 Å². The number of carbonyl (C=O) groups excluding carboxylic acids is 2. The van der Waals surface area contributed by atoms with Gasteiger partial charge in [0.2, 0.25) is 5.91 Å². The molecule has 0 aliphatic carbocycles. The van der Waals surface area contributed by atoms with Crippen molar-refractivity contribution < 1.29 is 9.59 Å². The summed E-state index contributed by atoms with van der Waals surface area (Å²) >= 11 is 4.36. The summed E-state index contributed by atoms with van der Waals surface area (Å²) in [5.74, 6) is 0.314. The van der Waals surface area contributed by atoms with Gasteiger partial charge in [-0.15, -0.1) is 0 Å². The summed E-state index contributed by atoms with van der Waals surface area (Å²) in [6.07, 6.45) is 0. The summed E-state index contributed by atoms with van der Waals surface area (Å²) < 4.78 is 0. The van der Waals surface area contributed by atoms with Crippen molar-refractivity contribution in [3.63, 3.8) is 0 Å². The van der Waals surface area contributed by atoms with E-state index in [4.69, 9.17) is 0 Å². The molecule has 17 heavy (non-hydrogen) atoms. The summed E-state index contributed by atoms with van der Waals surface area (Å²) in [5.41, 5.74) is 0. The van der Waals surface area contributed by atoms with Crippen molar-refractivity contribution in [2.45, 2.75) is 25.1 Å². The maximum Gasteiger partial charge on any atom is 0.317 e. The molecule has 2 fully saturated rings. The molecular formula is C11H19N3O2S. The fraction of sp³-hybridized carbons (Fsp3) is 0.818. The molecule has 2 aliphatic heterocycles. The third-order valence-corrected chi connectivity index (χ3v) is 4.25. The van der Waals surface area contributed by atoms with Crippen molar-refractivity contribution in [2.24, 2.45) is 5.92 Å². The van der Waals surface area contributed by atoms with Gasteiger partial charge in [-0.25, -0.2) is 4.79 Å². The molecule has 2 unspecified atom stereocenters. The molecule has 5 nitrogen and oxygen atoms in total. The Morgan fingerprint density at radius 1 is 1.47 bits per heavy atom. The number of rotatable bonds is 2. The molecule has 0 aromatic rings. The molecule has 96 valence electrons. The van der Waals surface area contributed by atoms with E-state index >= 15 is 0 Å². The minimum absolute atomic E-state index is 0.00613. The highest BCUT2D eigenvalue weighted by atomic mass is 32.1. The molecule has 6 heteroatoms. The normalized spacial score (nSPS) is 25.9. The summed E-state index contributed by atoms with van der Waals surface area (Å²) in [4.78, 5) is 27.2. The van der Waals surface area contributed by atoms with E-state index in [1.165, 1.54) is 0 Å². The van der Waals surface area contributed by atoms with Gasteiger partial charge in [-0.05, 0) is 5.92 Å². The topological polar surface area (TPSA) is 52.7 Å². The number of piperazine rings is 1. The quantitative estimate of drug-likeness (QED) is 0.693. The zero-order valence-electron chi connectivity index (χ0n) is 10.2. The van der Waals surface area contributed by atoms with Crippen LogP contribution >= 0.6 is 12.6 Å². The smallest absolute Gasteiger partial charge is 0.317 e. The number of amides is 3. The largest absolute Gasteiger partial charge is 0.338 e. The molecule has 2 rings (SSSR count). The van der Waals surface area contributed by atoms with Crippen LogP contribution in [0.3, 0.4) is 0 Å². The Bertz CT molecular complexity index is 335. The summed E-state index contributed by atoms with van der Waals surface area (Å²) in [5, 5.41) is 2.56. The number of nitrogens with zero attached hydrogens (tertiary/aromatic N) is 2. The fourth-order valence-corrected chi connectivity index (χ4v) is 2.44. The number of carbonyl (C=O) groups is 2. The van der Waals surface area contributed by atoms with Crippen LogP contribution in [-0.2, 0) is 4.79 Å². The van der Waals surface area contributed by atoms with E-state index in [9.17, 15) is 9.59 Å². The molecule has 2 saturated heterocycles. The Morgan fingerprint density at radius 2 is 2.18 bits per heavy atom. The third-order valence-electron chi connectivity index (χ3n) is 3.43. The molecule has 0 aromatic carbocycles. The van der Waals surface area contributed by atoms with Crippen molar-refractivity contribution in [3.8, 4) is 0 Å². The van der Waals surface area contributed by atoms with Crippen molar-refractivity contribution in [3.05, 3.63) is 0 Å². The number of fused-ring (bicyclic) bond motifs is 1. The third kappa shape index (κ3) is 2.36. The molecule has 0 saturated carbocycles. The van der Waals surface area contributed by atoms with E-state index in [1.807, 2.05) is 23.6 Å². The summed E-state index contributed by atoms with van der Waals surface area (Å²) in [7, 11) is 0. The van der Waals surface area contributed by atoms with Crippen molar-refractivity contribution >= 4 is 24.6 Å². The first-order valence-corrected chi connectivity index (χ1v) is 6.53. The average molecular weight is 257 g/mol. The molecular weight excluding hydrogens is 238 g/mol. The summed E-state index contributed by atoms with van der Waals surface area (Å²) in [6.45, 7) is 6.50. The Labute approximate surface area is 107 Å². The predicted octanol–water partition coefficient (Wildman–Crippen LogP) is 0.177. The van der Waals surface area contributed by atoms with Crippen LogP contribution in [-0.4, -0.2) is 59.2 Å². The van der Waals surface area contributed by atoms with Gasteiger partial charge in [-0.2, -0.15) is 12.6 Å². The highest BCUT2D eigenvalue weighted by molar-refractivity contribution is 7.81. The van der Waals surface area contributed by atoms with Crippen LogP contribution < -0.4 is 5.32 Å². The molecule has 0 radical (unpaired) electrons. The molecule has 2 heterocycles. The molecule has 3 amide bonds. The van der Waals surface area contributed by atoms with Crippen LogP contribution in [0.1, 0.15) is 13.8 Å². The minimum atomic E-state index is -0.244. The molecule has 1 N–H and O–H groups in total. The van der Waals surface area contributed by atoms with Crippen molar-refractivity contribution in [1.82, 2.24) is 15.1 Å². The summed E-state index contributed by atoms with van der Waals surface area (Å²) in [6, 6.07) is 0.126. The van der Waals surface area contributed by atoms with E-state index < -0.39 is 0 Å². The van der Waals surface area contributed by atoms with Crippen LogP contribution in [0.4, 0.5) is 4.79 Å². The minimum Gasteiger partial charge on any atom is -0.338 e. The lowest BCUT2D eigenvalue weighted by Gasteiger charge is -2.37. The second-order valence-corrected chi connectivity index (χ2v) is 5.56. The first-order chi connectivity index (χ1) is 8.00. The molecule has 0 aromatic heterocycles. The van der Waals surface area contributed by atoms with Gasteiger partial charge in [0.05, 0.1) is 11.3 Å². The highest BCUT2D eigenvalue weighted by Crippen LogP contribution is 2.18.